The Bertz CT molecular complexity index is 387. The van der Waals surface area contributed by atoms with Crippen molar-refractivity contribution in [2.75, 3.05) is 6.54 Å². The van der Waals surface area contributed by atoms with E-state index in [-0.39, 0.29) is 6.04 Å². The smallest absolute Gasteiger partial charge is 0.323 e. The summed E-state index contributed by atoms with van der Waals surface area (Å²) in [5.74, 6) is -0.774. The van der Waals surface area contributed by atoms with Crippen molar-refractivity contribution in [2.24, 2.45) is 0 Å². The Morgan fingerprint density at radius 1 is 1.33 bits per heavy atom. The third-order valence-electron chi connectivity index (χ3n) is 3.49. The van der Waals surface area contributed by atoms with E-state index in [1.807, 2.05) is 30.0 Å². The van der Waals surface area contributed by atoms with Crippen molar-refractivity contribution in [2.45, 2.75) is 45.7 Å². The van der Waals surface area contributed by atoms with Crippen molar-refractivity contribution in [3.05, 3.63) is 35.9 Å². The van der Waals surface area contributed by atoms with Crippen LogP contribution in [0.5, 0.6) is 0 Å². The van der Waals surface area contributed by atoms with Crippen LogP contribution in [0.15, 0.2) is 30.3 Å². The van der Waals surface area contributed by atoms with Gasteiger partial charge in [-0.1, -0.05) is 37.3 Å². The SMILES string of the molecule is CCN(C(C)Cc1ccccc1)C(C)(C)C(=O)O. The Morgan fingerprint density at radius 3 is 2.33 bits per heavy atom. The van der Waals surface area contributed by atoms with Crippen LogP contribution in [0.4, 0.5) is 0 Å². The molecule has 100 valence electrons. The normalized spacial score (nSPS) is 13.6. The van der Waals surface area contributed by atoms with Gasteiger partial charge in [0.05, 0.1) is 0 Å². The number of carboxylic acids is 1. The molecule has 1 aromatic carbocycles. The molecule has 0 saturated carbocycles. The van der Waals surface area contributed by atoms with Crippen LogP contribution in [0, 0.1) is 0 Å². The van der Waals surface area contributed by atoms with Crippen LogP contribution in [0.25, 0.3) is 0 Å². The van der Waals surface area contributed by atoms with E-state index in [0.717, 1.165) is 13.0 Å². The molecular weight excluding hydrogens is 226 g/mol. The van der Waals surface area contributed by atoms with E-state index in [2.05, 4.69) is 19.1 Å². The maximum absolute atomic E-state index is 11.3. The van der Waals surface area contributed by atoms with Gasteiger partial charge in [-0.25, -0.2) is 0 Å². The Morgan fingerprint density at radius 2 is 1.89 bits per heavy atom. The molecular formula is C15H23NO2. The van der Waals surface area contributed by atoms with Gasteiger partial charge in [-0.15, -0.1) is 0 Å². The van der Waals surface area contributed by atoms with Crippen molar-refractivity contribution in [3.63, 3.8) is 0 Å². The quantitative estimate of drug-likeness (QED) is 0.842. The Balaban J connectivity index is 2.80. The number of benzene rings is 1. The zero-order valence-electron chi connectivity index (χ0n) is 11.7. The molecule has 0 spiro atoms. The van der Waals surface area contributed by atoms with Gasteiger partial charge in [-0.2, -0.15) is 0 Å². The highest BCUT2D eigenvalue weighted by molar-refractivity contribution is 5.77. The predicted molar refractivity (Wildman–Crippen MR) is 73.7 cm³/mol. The maximum atomic E-state index is 11.3. The van der Waals surface area contributed by atoms with Gasteiger partial charge in [-0.05, 0) is 39.3 Å². The highest BCUT2D eigenvalue weighted by Crippen LogP contribution is 2.20. The lowest BCUT2D eigenvalue weighted by Gasteiger charge is -2.39. The van der Waals surface area contributed by atoms with Crippen molar-refractivity contribution in [3.8, 4) is 0 Å². The molecule has 0 amide bonds. The molecule has 0 aromatic heterocycles. The van der Waals surface area contributed by atoms with Crippen molar-refractivity contribution in [1.82, 2.24) is 4.90 Å². The predicted octanol–water partition coefficient (Wildman–Crippen LogP) is 2.80. The second-order valence-corrected chi connectivity index (χ2v) is 5.19. The largest absolute Gasteiger partial charge is 0.480 e. The lowest BCUT2D eigenvalue weighted by Crippen LogP contribution is -2.54. The first kappa shape index (κ1) is 14.7. The molecule has 3 nitrogen and oxygen atoms in total. The molecule has 0 bridgehead atoms. The summed E-state index contributed by atoms with van der Waals surface area (Å²) in [4.78, 5) is 13.4. The molecule has 0 heterocycles. The zero-order valence-corrected chi connectivity index (χ0v) is 11.7. The highest BCUT2D eigenvalue weighted by Gasteiger charge is 2.36. The first-order valence-corrected chi connectivity index (χ1v) is 6.43. The monoisotopic (exact) mass is 249 g/mol. The zero-order chi connectivity index (χ0) is 13.8. The average molecular weight is 249 g/mol. The van der Waals surface area contributed by atoms with Crippen LogP contribution in [-0.2, 0) is 11.2 Å². The van der Waals surface area contributed by atoms with Crippen molar-refractivity contribution >= 4 is 5.97 Å². The number of carboxylic acid groups (broad SMARTS) is 1. The molecule has 1 rings (SSSR count). The number of hydrogen-bond acceptors (Lipinski definition) is 2. The molecule has 0 saturated heterocycles. The van der Waals surface area contributed by atoms with Gasteiger partial charge in [0.1, 0.15) is 5.54 Å². The summed E-state index contributed by atoms with van der Waals surface area (Å²) in [6, 6.07) is 10.4. The summed E-state index contributed by atoms with van der Waals surface area (Å²) in [5.41, 5.74) is 0.410. The molecule has 0 radical (unpaired) electrons. The standard InChI is InChI=1S/C15H23NO2/c1-5-16(15(3,4)14(17)18)12(2)11-13-9-7-6-8-10-13/h6-10,12H,5,11H2,1-4H3,(H,17,18). The Kier molecular flexibility index (Phi) is 4.91. The topological polar surface area (TPSA) is 40.5 Å². The summed E-state index contributed by atoms with van der Waals surface area (Å²) >= 11 is 0. The van der Waals surface area contributed by atoms with E-state index < -0.39 is 11.5 Å². The van der Waals surface area contributed by atoms with Crippen LogP contribution in [0.1, 0.15) is 33.3 Å². The summed E-state index contributed by atoms with van der Waals surface area (Å²) in [5, 5.41) is 9.32. The fourth-order valence-electron chi connectivity index (χ4n) is 2.45. The van der Waals surface area contributed by atoms with Gasteiger partial charge in [0.15, 0.2) is 0 Å². The van der Waals surface area contributed by atoms with Crippen LogP contribution in [-0.4, -0.2) is 34.1 Å². The van der Waals surface area contributed by atoms with Crippen LogP contribution >= 0.6 is 0 Å². The molecule has 1 aromatic rings. The molecule has 1 N–H and O–H groups in total. The lowest BCUT2D eigenvalue weighted by atomic mass is 9.97. The van der Waals surface area contributed by atoms with E-state index in [1.165, 1.54) is 5.56 Å². The van der Waals surface area contributed by atoms with E-state index in [0.29, 0.717) is 0 Å². The van der Waals surface area contributed by atoms with Crippen molar-refractivity contribution < 1.29 is 9.90 Å². The van der Waals surface area contributed by atoms with E-state index in [4.69, 9.17) is 0 Å². The van der Waals surface area contributed by atoms with Gasteiger partial charge in [0.25, 0.3) is 0 Å². The molecule has 18 heavy (non-hydrogen) atoms. The number of carbonyl (C=O) groups is 1. The van der Waals surface area contributed by atoms with E-state index >= 15 is 0 Å². The maximum Gasteiger partial charge on any atom is 0.323 e. The minimum absolute atomic E-state index is 0.198. The third-order valence-corrected chi connectivity index (χ3v) is 3.49. The summed E-state index contributed by atoms with van der Waals surface area (Å²) < 4.78 is 0. The summed E-state index contributed by atoms with van der Waals surface area (Å²) in [6.45, 7) is 8.35. The van der Waals surface area contributed by atoms with Gasteiger partial charge < -0.3 is 5.11 Å². The molecule has 0 aliphatic carbocycles. The Hall–Kier alpha value is -1.35. The molecule has 0 aliphatic heterocycles. The summed E-state index contributed by atoms with van der Waals surface area (Å²) in [7, 11) is 0. The van der Waals surface area contributed by atoms with Crippen LogP contribution < -0.4 is 0 Å². The molecule has 0 aliphatic rings. The number of likely N-dealkylation sites (N-methyl/N-ethyl adjacent to an activating group) is 1. The molecule has 3 heteroatoms. The summed E-state index contributed by atoms with van der Waals surface area (Å²) in [6.07, 6.45) is 0.866. The number of nitrogens with zero attached hydrogens (tertiary/aromatic N) is 1. The highest BCUT2D eigenvalue weighted by atomic mass is 16.4. The van der Waals surface area contributed by atoms with Gasteiger partial charge >= 0.3 is 5.97 Å². The molecule has 1 atom stereocenters. The molecule has 0 fully saturated rings. The van der Waals surface area contributed by atoms with E-state index in [9.17, 15) is 9.90 Å². The second kappa shape index (κ2) is 6.01. The first-order valence-electron chi connectivity index (χ1n) is 6.43. The van der Waals surface area contributed by atoms with Gasteiger partial charge in [0.2, 0.25) is 0 Å². The minimum Gasteiger partial charge on any atom is -0.480 e. The van der Waals surface area contributed by atoms with Crippen molar-refractivity contribution in [1.29, 1.82) is 0 Å². The third kappa shape index (κ3) is 3.33. The number of aliphatic carboxylic acids is 1. The van der Waals surface area contributed by atoms with Gasteiger partial charge in [-0.3, -0.25) is 9.69 Å². The second-order valence-electron chi connectivity index (χ2n) is 5.19. The first-order chi connectivity index (χ1) is 8.39. The van der Waals surface area contributed by atoms with Gasteiger partial charge in [0, 0.05) is 6.04 Å². The van der Waals surface area contributed by atoms with E-state index in [1.54, 1.807) is 13.8 Å². The molecule has 1 unspecified atom stereocenters. The van der Waals surface area contributed by atoms with Crippen LogP contribution in [0.2, 0.25) is 0 Å². The van der Waals surface area contributed by atoms with Crippen LogP contribution in [0.3, 0.4) is 0 Å². The Labute approximate surface area is 109 Å². The number of rotatable bonds is 6. The number of hydrogen-bond donors (Lipinski definition) is 1. The fraction of sp³-hybridized carbons (Fsp3) is 0.533. The minimum atomic E-state index is -0.830. The average Bonchev–Trinajstić information content (AvgIpc) is 2.30. The fourth-order valence-corrected chi connectivity index (χ4v) is 2.45. The lowest BCUT2D eigenvalue weighted by molar-refractivity contribution is -0.150.